The Kier molecular flexibility index (Phi) is 8.39. The van der Waals surface area contributed by atoms with Gasteiger partial charge in [0, 0.05) is 13.0 Å². The van der Waals surface area contributed by atoms with E-state index in [2.05, 4.69) is 5.32 Å². The molecule has 1 rings (SSSR count). The minimum atomic E-state index is -0.871. The van der Waals surface area contributed by atoms with E-state index in [1.54, 1.807) is 0 Å². The number of carboxylic acids is 1. The van der Waals surface area contributed by atoms with Crippen LogP contribution in [0, 0.1) is 0 Å². The van der Waals surface area contributed by atoms with E-state index in [4.69, 9.17) is 9.84 Å². The lowest BCUT2D eigenvalue weighted by Crippen LogP contribution is -2.25. The van der Waals surface area contributed by atoms with Crippen LogP contribution in [-0.2, 0) is 16.1 Å². The highest BCUT2D eigenvalue weighted by atomic mass is 35.5. The molecule has 0 spiro atoms. The van der Waals surface area contributed by atoms with Gasteiger partial charge in [-0.25, -0.2) is 4.79 Å². The lowest BCUT2D eigenvalue weighted by molar-refractivity contribution is -0.137. The molecule has 0 radical (unpaired) electrons. The number of alkyl carbamates (subject to hydrolysis) is 1. The van der Waals surface area contributed by atoms with Gasteiger partial charge in [0.1, 0.15) is 6.61 Å². The summed E-state index contributed by atoms with van der Waals surface area (Å²) in [7, 11) is 0. The lowest BCUT2D eigenvalue weighted by atomic mass is 10.2. The Hall–Kier alpha value is -1.75. The summed E-state index contributed by atoms with van der Waals surface area (Å²) in [5, 5.41) is 10.9. The number of aliphatic carboxylic acids is 1. The highest BCUT2D eigenvalue weighted by Gasteiger charge is 2.02. The number of carbonyl (C=O) groups excluding carboxylic acids is 1. The molecular formula is C12H16ClNO4. The first kappa shape index (κ1) is 16.2. The first-order valence-electron chi connectivity index (χ1n) is 5.35. The zero-order valence-electron chi connectivity index (χ0n) is 9.80. The molecule has 0 saturated heterocycles. The topological polar surface area (TPSA) is 75.6 Å². The van der Waals surface area contributed by atoms with Crippen LogP contribution in [0.3, 0.4) is 0 Å². The minimum absolute atomic E-state index is 0. The second-order valence-electron chi connectivity index (χ2n) is 3.49. The smallest absolute Gasteiger partial charge is 0.407 e. The van der Waals surface area contributed by atoms with Gasteiger partial charge in [0.05, 0.1) is 0 Å². The van der Waals surface area contributed by atoms with E-state index < -0.39 is 12.1 Å². The van der Waals surface area contributed by atoms with Crippen molar-refractivity contribution >= 4 is 24.5 Å². The van der Waals surface area contributed by atoms with Gasteiger partial charge in [-0.05, 0) is 12.0 Å². The fraction of sp³-hybridized carbons (Fsp3) is 0.333. The van der Waals surface area contributed by atoms with Gasteiger partial charge in [0.2, 0.25) is 0 Å². The Bertz CT molecular complexity index is 370. The van der Waals surface area contributed by atoms with Gasteiger partial charge >= 0.3 is 12.1 Å². The molecule has 0 aliphatic heterocycles. The predicted octanol–water partition coefficient (Wildman–Crippen LogP) is 2.20. The monoisotopic (exact) mass is 273 g/mol. The SMILES string of the molecule is Cl.O=C(O)CCCNC(=O)OCc1ccccc1. The third kappa shape index (κ3) is 7.51. The molecule has 1 aromatic rings. The molecule has 0 bridgehead atoms. The third-order valence-corrected chi connectivity index (χ3v) is 2.05. The minimum Gasteiger partial charge on any atom is -0.481 e. The zero-order valence-corrected chi connectivity index (χ0v) is 10.6. The first-order chi connectivity index (χ1) is 8.18. The van der Waals surface area contributed by atoms with Crippen molar-refractivity contribution < 1.29 is 19.4 Å². The number of carbonyl (C=O) groups is 2. The van der Waals surface area contributed by atoms with E-state index >= 15 is 0 Å². The maximum atomic E-state index is 11.2. The van der Waals surface area contributed by atoms with Crippen molar-refractivity contribution in [2.24, 2.45) is 0 Å². The van der Waals surface area contributed by atoms with Gasteiger partial charge < -0.3 is 15.2 Å². The number of carboxylic acid groups (broad SMARTS) is 1. The van der Waals surface area contributed by atoms with Crippen LogP contribution < -0.4 is 5.32 Å². The van der Waals surface area contributed by atoms with Gasteiger partial charge in [0.25, 0.3) is 0 Å². The quantitative estimate of drug-likeness (QED) is 0.779. The van der Waals surface area contributed by atoms with Crippen molar-refractivity contribution in [3.63, 3.8) is 0 Å². The summed E-state index contributed by atoms with van der Waals surface area (Å²) in [6.07, 6.45) is -0.0893. The third-order valence-electron chi connectivity index (χ3n) is 2.05. The van der Waals surface area contributed by atoms with E-state index in [9.17, 15) is 9.59 Å². The van der Waals surface area contributed by atoms with Crippen molar-refractivity contribution in [1.29, 1.82) is 0 Å². The maximum Gasteiger partial charge on any atom is 0.407 e. The van der Waals surface area contributed by atoms with Crippen LogP contribution in [0.5, 0.6) is 0 Å². The molecule has 6 heteroatoms. The largest absolute Gasteiger partial charge is 0.481 e. The molecule has 18 heavy (non-hydrogen) atoms. The number of hydrogen-bond donors (Lipinski definition) is 2. The van der Waals surface area contributed by atoms with E-state index in [0.717, 1.165) is 5.56 Å². The van der Waals surface area contributed by atoms with Crippen LogP contribution in [-0.4, -0.2) is 23.7 Å². The summed E-state index contributed by atoms with van der Waals surface area (Å²) >= 11 is 0. The average molecular weight is 274 g/mol. The standard InChI is InChI=1S/C12H15NO4.ClH/c14-11(15)7-4-8-13-12(16)17-9-10-5-2-1-3-6-10;/h1-3,5-6H,4,7-9H2,(H,13,16)(H,14,15);1H. The summed E-state index contributed by atoms with van der Waals surface area (Å²) in [6.45, 7) is 0.519. The maximum absolute atomic E-state index is 11.2. The van der Waals surface area contributed by atoms with Crippen LogP contribution in [0.2, 0.25) is 0 Å². The summed E-state index contributed by atoms with van der Waals surface area (Å²) < 4.78 is 4.94. The summed E-state index contributed by atoms with van der Waals surface area (Å²) in [5.41, 5.74) is 0.910. The normalized spacial score (nSPS) is 9.11. The number of hydrogen-bond acceptors (Lipinski definition) is 3. The average Bonchev–Trinajstić information content (AvgIpc) is 2.33. The second-order valence-corrected chi connectivity index (χ2v) is 3.49. The van der Waals surface area contributed by atoms with Crippen LogP contribution in [0.1, 0.15) is 18.4 Å². The highest BCUT2D eigenvalue weighted by molar-refractivity contribution is 5.85. The summed E-state index contributed by atoms with van der Waals surface area (Å²) in [5.74, 6) is -0.871. The summed E-state index contributed by atoms with van der Waals surface area (Å²) in [4.78, 5) is 21.4. The van der Waals surface area contributed by atoms with Crippen molar-refractivity contribution in [1.82, 2.24) is 5.32 Å². The van der Waals surface area contributed by atoms with Gasteiger partial charge in [0.15, 0.2) is 0 Å². The van der Waals surface area contributed by atoms with E-state index in [0.29, 0.717) is 13.0 Å². The molecule has 0 heterocycles. The van der Waals surface area contributed by atoms with Gasteiger partial charge in [-0.15, -0.1) is 12.4 Å². The molecule has 0 unspecified atom stereocenters. The van der Waals surface area contributed by atoms with E-state index in [-0.39, 0.29) is 25.4 Å². The zero-order chi connectivity index (χ0) is 12.5. The number of halogens is 1. The molecule has 0 atom stereocenters. The predicted molar refractivity (Wildman–Crippen MR) is 68.7 cm³/mol. The molecule has 0 aliphatic carbocycles. The van der Waals surface area contributed by atoms with Crippen molar-refractivity contribution in [3.05, 3.63) is 35.9 Å². The molecular weight excluding hydrogens is 258 g/mol. The number of amides is 1. The molecule has 1 amide bonds. The Morgan fingerprint density at radius 3 is 2.50 bits per heavy atom. The number of benzene rings is 1. The Morgan fingerprint density at radius 1 is 1.22 bits per heavy atom. The van der Waals surface area contributed by atoms with Gasteiger partial charge in [-0.3, -0.25) is 4.79 Å². The number of rotatable bonds is 6. The molecule has 0 aromatic heterocycles. The first-order valence-corrected chi connectivity index (χ1v) is 5.35. The molecule has 1 aromatic carbocycles. The lowest BCUT2D eigenvalue weighted by Gasteiger charge is -2.06. The number of nitrogens with one attached hydrogen (secondary N) is 1. The van der Waals surface area contributed by atoms with E-state index in [1.807, 2.05) is 30.3 Å². The van der Waals surface area contributed by atoms with Crippen LogP contribution in [0.15, 0.2) is 30.3 Å². The van der Waals surface area contributed by atoms with Gasteiger partial charge in [-0.1, -0.05) is 30.3 Å². The van der Waals surface area contributed by atoms with Gasteiger partial charge in [-0.2, -0.15) is 0 Å². The summed E-state index contributed by atoms with van der Waals surface area (Å²) in [6, 6.07) is 9.33. The Morgan fingerprint density at radius 2 is 1.89 bits per heavy atom. The Labute approximate surface area is 112 Å². The molecule has 5 nitrogen and oxygen atoms in total. The van der Waals surface area contributed by atoms with Crippen LogP contribution in [0.25, 0.3) is 0 Å². The Balaban J connectivity index is 0.00000289. The van der Waals surface area contributed by atoms with Crippen LogP contribution >= 0.6 is 12.4 Å². The molecule has 0 saturated carbocycles. The van der Waals surface area contributed by atoms with Crippen molar-refractivity contribution in [2.75, 3.05) is 6.54 Å². The second kappa shape index (κ2) is 9.30. The molecule has 0 aliphatic rings. The number of ether oxygens (including phenoxy) is 1. The molecule has 2 N–H and O–H groups in total. The van der Waals surface area contributed by atoms with Crippen molar-refractivity contribution in [2.45, 2.75) is 19.4 Å². The fourth-order valence-corrected chi connectivity index (χ4v) is 1.20. The van der Waals surface area contributed by atoms with Crippen molar-refractivity contribution in [3.8, 4) is 0 Å². The van der Waals surface area contributed by atoms with Crippen LogP contribution in [0.4, 0.5) is 4.79 Å². The fourth-order valence-electron chi connectivity index (χ4n) is 1.20. The van der Waals surface area contributed by atoms with E-state index in [1.165, 1.54) is 0 Å². The molecule has 0 fully saturated rings. The highest BCUT2D eigenvalue weighted by Crippen LogP contribution is 2.00. The molecule has 100 valence electrons.